The van der Waals surface area contributed by atoms with E-state index < -0.39 is 0 Å². The molecule has 1 N–H and O–H groups in total. The minimum atomic E-state index is 0.191. The standard InChI is InChI=1S/C17H31N3O/c1-19(2)16(21)20-11-8-17(9-12-20)7-10-18-13-15(17)14-5-3-4-6-14/h14-15,18H,3-13H2,1-2H3. The summed E-state index contributed by atoms with van der Waals surface area (Å²) in [5, 5.41) is 3.65. The van der Waals surface area contributed by atoms with Crippen molar-refractivity contribution in [2.75, 3.05) is 40.3 Å². The van der Waals surface area contributed by atoms with Crippen LogP contribution in [0.5, 0.6) is 0 Å². The van der Waals surface area contributed by atoms with Crippen LogP contribution in [0.25, 0.3) is 0 Å². The number of nitrogens with zero attached hydrogens (tertiary/aromatic N) is 2. The minimum absolute atomic E-state index is 0.191. The van der Waals surface area contributed by atoms with Gasteiger partial charge in [-0.25, -0.2) is 4.79 Å². The van der Waals surface area contributed by atoms with Crippen LogP contribution in [0, 0.1) is 17.3 Å². The molecule has 3 fully saturated rings. The summed E-state index contributed by atoms with van der Waals surface area (Å²) in [5.41, 5.74) is 0.517. The lowest BCUT2D eigenvalue weighted by Gasteiger charge is -2.51. The summed E-state index contributed by atoms with van der Waals surface area (Å²) >= 11 is 0. The van der Waals surface area contributed by atoms with Gasteiger partial charge in [0.05, 0.1) is 0 Å². The van der Waals surface area contributed by atoms with Gasteiger partial charge in [-0.2, -0.15) is 0 Å². The number of piperidine rings is 2. The number of carbonyl (C=O) groups is 1. The van der Waals surface area contributed by atoms with E-state index >= 15 is 0 Å². The van der Waals surface area contributed by atoms with Crippen molar-refractivity contribution in [1.82, 2.24) is 15.1 Å². The fraction of sp³-hybridized carbons (Fsp3) is 0.941. The van der Waals surface area contributed by atoms with Crippen molar-refractivity contribution in [2.45, 2.75) is 44.9 Å². The van der Waals surface area contributed by atoms with Gasteiger partial charge in [-0.3, -0.25) is 0 Å². The number of likely N-dealkylation sites (tertiary alicyclic amines) is 1. The molecule has 2 saturated heterocycles. The first-order valence-corrected chi connectivity index (χ1v) is 8.79. The largest absolute Gasteiger partial charge is 0.331 e. The van der Waals surface area contributed by atoms with Crippen LogP contribution in [0.1, 0.15) is 44.9 Å². The molecule has 3 rings (SSSR count). The van der Waals surface area contributed by atoms with Gasteiger partial charge in [-0.1, -0.05) is 25.7 Å². The maximum Gasteiger partial charge on any atom is 0.319 e. The molecule has 1 unspecified atom stereocenters. The van der Waals surface area contributed by atoms with Crippen molar-refractivity contribution in [3.63, 3.8) is 0 Å². The Balaban J connectivity index is 1.67. The number of rotatable bonds is 1. The van der Waals surface area contributed by atoms with E-state index in [1.54, 1.807) is 4.90 Å². The zero-order chi connectivity index (χ0) is 14.9. The second-order valence-electron chi connectivity index (χ2n) is 7.63. The van der Waals surface area contributed by atoms with Gasteiger partial charge in [0.1, 0.15) is 0 Å². The molecule has 3 aliphatic rings. The highest BCUT2D eigenvalue weighted by Crippen LogP contribution is 2.50. The zero-order valence-corrected chi connectivity index (χ0v) is 13.7. The van der Waals surface area contributed by atoms with E-state index in [2.05, 4.69) is 10.2 Å². The Morgan fingerprint density at radius 3 is 2.43 bits per heavy atom. The second kappa shape index (κ2) is 6.15. The van der Waals surface area contributed by atoms with Crippen LogP contribution in [0.15, 0.2) is 0 Å². The lowest BCUT2D eigenvalue weighted by Crippen LogP contribution is -2.54. The number of amides is 2. The number of nitrogens with one attached hydrogen (secondary N) is 1. The van der Waals surface area contributed by atoms with Gasteiger partial charge >= 0.3 is 6.03 Å². The molecule has 0 bridgehead atoms. The first-order valence-electron chi connectivity index (χ1n) is 8.79. The van der Waals surface area contributed by atoms with E-state index in [1.165, 1.54) is 58.0 Å². The topological polar surface area (TPSA) is 35.6 Å². The molecular formula is C17H31N3O. The predicted octanol–water partition coefficient (Wildman–Crippen LogP) is 2.55. The van der Waals surface area contributed by atoms with Gasteiger partial charge in [0.2, 0.25) is 0 Å². The van der Waals surface area contributed by atoms with Crippen molar-refractivity contribution < 1.29 is 4.79 Å². The van der Waals surface area contributed by atoms with Crippen molar-refractivity contribution in [3.05, 3.63) is 0 Å². The van der Waals surface area contributed by atoms with E-state index in [9.17, 15) is 4.79 Å². The molecule has 0 aromatic rings. The fourth-order valence-electron chi connectivity index (χ4n) is 5.07. The first kappa shape index (κ1) is 15.1. The third kappa shape index (κ3) is 2.92. The van der Waals surface area contributed by atoms with Gasteiger partial charge < -0.3 is 15.1 Å². The maximum absolute atomic E-state index is 12.1. The highest BCUT2D eigenvalue weighted by Gasteiger charge is 2.46. The van der Waals surface area contributed by atoms with Crippen LogP contribution in [0.3, 0.4) is 0 Å². The molecule has 2 amide bonds. The quantitative estimate of drug-likeness (QED) is 0.806. The highest BCUT2D eigenvalue weighted by molar-refractivity contribution is 5.73. The van der Waals surface area contributed by atoms with Crippen molar-refractivity contribution in [3.8, 4) is 0 Å². The molecule has 0 aromatic carbocycles. The summed E-state index contributed by atoms with van der Waals surface area (Å²) in [4.78, 5) is 15.9. The van der Waals surface area contributed by atoms with Crippen molar-refractivity contribution >= 4 is 6.03 Å². The smallest absolute Gasteiger partial charge is 0.319 e. The maximum atomic E-state index is 12.1. The van der Waals surface area contributed by atoms with Crippen LogP contribution in [0.4, 0.5) is 4.79 Å². The molecular weight excluding hydrogens is 262 g/mol. The van der Waals surface area contributed by atoms with E-state index in [0.717, 1.165) is 24.9 Å². The monoisotopic (exact) mass is 293 g/mol. The molecule has 2 heterocycles. The van der Waals surface area contributed by atoms with E-state index in [-0.39, 0.29) is 6.03 Å². The number of urea groups is 1. The minimum Gasteiger partial charge on any atom is -0.331 e. The van der Waals surface area contributed by atoms with E-state index in [0.29, 0.717) is 5.41 Å². The van der Waals surface area contributed by atoms with Gasteiger partial charge in [0.25, 0.3) is 0 Å². The lowest BCUT2D eigenvalue weighted by atomic mass is 9.60. The van der Waals surface area contributed by atoms with E-state index in [1.807, 2.05) is 14.1 Å². The number of hydrogen-bond acceptors (Lipinski definition) is 2. The average molecular weight is 293 g/mol. The van der Waals surface area contributed by atoms with Crippen LogP contribution in [-0.2, 0) is 0 Å². The Kier molecular flexibility index (Phi) is 4.43. The third-order valence-electron chi connectivity index (χ3n) is 6.33. The molecule has 0 aromatic heterocycles. The SMILES string of the molecule is CN(C)C(=O)N1CCC2(CCNCC2C2CCCC2)CC1. The molecule has 1 spiro atoms. The Bertz CT molecular complexity index is 368. The van der Waals surface area contributed by atoms with Crippen LogP contribution < -0.4 is 5.32 Å². The summed E-state index contributed by atoms with van der Waals surface area (Å²) in [7, 11) is 3.72. The Hall–Kier alpha value is -0.770. The highest BCUT2D eigenvalue weighted by atomic mass is 16.2. The molecule has 1 atom stereocenters. The normalized spacial score (nSPS) is 29.8. The number of hydrogen-bond donors (Lipinski definition) is 1. The fourth-order valence-corrected chi connectivity index (χ4v) is 5.07. The van der Waals surface area contributed by atoms with Gasteiger partial charge in [-0.15, -0.1) is 0 Å². The van der Waals surface area contributed by atoms with E-state index in [4.69, 9.17) is 0 Å². The van der Waals surface area contributed by atoms with Crippen LogP contribution >= 0.6 is 0 Å². The first-order chi connectivity index (χ1) is 10.1. The molecule has 1 saturated carbocycles. The molecule has 1 aliphatic carbocycles. The summed E-state index contributed by atoms with van der Waals surface area (Å²) in [6.45, 7) is 4.30. The molecule has 4 heteroatoms. The Labute approximate surface area is 129 Å². The van der Waals surface area contributed by atoms with Crippen LogP contribution in [-0.4, -0.2) is 56.1 Å². The van der Waals surface area contributed by atoms with Gasteiger partial charge in [0.15, 0.2) is 0 Å². The van der Waals surface area contributed by atoms with Gasteiger partial charge in [-0.05, 0) is 49.6 Å². The van der Waals surface area contributed by atoms with Crippen molar-refractivity contribution in [2.24, 2.45) is 17.3 Å². The lowest BCUT2D eigenvalue weighted by molar-refractivity contribution is 0.00229. The third-order valence-corrected chi connectivity index (χ3v) is 6.33. The summed E-state index contributed by atoms with van der Waals surface area (Å²) < 4.78 is 0. The van der Waals surface area contributed by atoms with Gasteiger partial charge in [0, 0.05) is 27.2 Å². The average Bonchev–Trinajstić information content (AvgIpc) is 3.02. The summed E-state index contributed by atoms with van der Waals surface area (Å²) in [5.74, 6) is 1.79. The summed E-state index contributed by atoms with van der Waals surface area (Å²) in [6.07, 6.45) is 9.50. The Morgan fingerprint density at radius 1 is 1.14 bits per heavy atom. The number of carbonyl (C=O) groups excluding carboxylic acids is 1. The molecule has 0 radical (unpaired) electrons. The predicted molar refractivity (Wildman–Crippen MR) is 85.3 cm³/mol. The molecule has 21 heavy (non-hydrogen) atoms. The summed E-state index contributed by atoms with van der Waals surface area (Å²) in [6, 6.07) is 0.191. The second-order valence-corrected chi connectivity index (χ2v) is 7.63. The molecule has 2 aliphatic heterocycles. The molecule has 4 nitrogen and oxygen atoms in total. The van der Waals surface area contributed by atoms with Crippen molar-refractivity contribution in [1.29, 1.82) is 0 Å². The Morgan fingerprint density at radius 2 is 1.81 bits per heavy atom. The zero-order valence-electron chi connectivity index (χ0n) is 13.7. The van der Waals surface area contributed by atoms with Crippen LogP contribution in [0.2, 0.25) is 0 Å². The molecule has 120 valence electrons.